The molecule has 0 spiro atoms. The second kappa shape index (κ2) is 10.1. The van der Waals surface area contributed by atoms with Gasteiger partial charge in [-0.25, -0.2) is 30.7 Å². The molecule has 3 N–H and O–H groups in total. The fraction of sp³-hybridized carbons (Fsp3) is 0.381. The van der Waals surface area contributed by atoms with Gasteiger partial charge in [-0.2, -0.15) is 0 Å². The van der Waals surface area contributed by atoms with Crippen LogP contribution in [0.1, 0.15) is 16.9 Å². The number of ether oxygens (including phenoxy) is 1. The number of rotatable bonds is 6. The molecule has 0 bridgehead atoms. The highest BCUT2D eigenvalue weighted by Crippen LogP contribution is 2.24. The zero-order valence-corrected chi connectivity index (χ0v) is 20.0. The van der Waals surface area contributed by atoms with E-state index in [1.807, 2.05) is 5.32 Å². The van der Waals surface area contributed by atoms with E-state index in [9.17, 15) is 36.0 Å². The molecular weight excluding hydrogens is 526 g/mol. The van der Waals surface area contributed by atoms with Gasteiger partial charge in [0.1, 0.15) is 10.6 Å². The van der Waals surface area contributed by atoms with Crippen LogP contribution >= 0.6 is 0 Å². The van der Waals surface area contributed by atoms with Crippen LogP contribution in [0.15, 0.2) is 23.2 Å². The third-order valence-corrected chi connectivity index (χ3v) is 7.31. The highest BCUT2D eigenvalue weighted by atomic mass is 32.2. The van der Waals surface area contributed by atoms with Gasteiger partial charge in [-0.3, -0.25) is 14.4 Å². The molecule has 0 unspecified atom stereocenters. The number of aryl methyl sites for hydroxylation is 1. The molecule has 1 aromatic carbocycles. The van der Waals surface area contributed by atoms with E-state index in [-0.39, 0.29) is 25.6 Å². The number of carbonyl (C=O) groups is 3. The van der Waals surface area contributed by atoms with Crippen molar-refractivity contribution in [1.29, 1.82) is 0 Å². The minimum absolute atomic E-state index is 0.0797. The van der Waals surface area contributed by atoms with Crippen molar-refractivity contribution in [2.24, 2.45) is 7.05 Å². The maximum Gasteiger partial charge on any atom is 0.311 e. The zero-order valence-electron chi connectivity index (χ0n) is 19.2. The molecule has 37 heavy (non-hydrogen) atoms. The highest BCUT2D eigenvalue weighted by molar-refractivity contribution is 7.89. The number of hydrogen-bond donors (Lipinski definition) is 3. The molecule has 0 radical (unpaired) electrons. The lowest BCUT2D eigenvalue weighted by molar-refractivity contribution is -0.147. The molecule has 1 atom stereocenters. The summed E-state index contributed by atoms with van der Waals surface area (Å²) in [5.74, 6) is -9.31. The van der Waals surface area contributed by atoms with Crippen molar-refractivity contribution in [2.45, 2.75) is 23.4 Å². The summed E-state index contributed by atoms with van der Waals surface area (Å²) in [6.07, 6.45) is 0.971. The van der Waals surface area contributed by atoms with Gasteiger partial charge >= 0.3 is 11.8 Å². The number of nitrogens with one attached hydrogen (secondary N) is 3. The van der Waals surface area contributed by atoms with Crippen LogP contribution in [-0.2, 0) is 31.4 Å². The Morgan fingerprint density at radius 1 is 1.03 bits per heavy atom. The largest absolute Gasteiger partial charge is 0.377 e. The number of nitrogens with zero attached hydrogens (tertiary/aromatic N) is 2. The summed E-state index contributed by atoms with van der Waals surface area (Å²) < 4.78 is 88.8. The number of benzene rings is 1. The third kappa shape index (κ3) is 5.45. The fourth-order valence-electron chi connectivity index (χ4n) is 3.87. The van der Waals surface area contributed by atoms with Gasteiger partial charge in [0, 0.05) is 50.2 Å². The van der Waals surface area contributed by atoms with Gasteiger partial charge in [0.25, 0.3) is 5.91 Å². The summed E-state index contributed by atoms with van der Waals surface area (Å²) in [5.41, 5.74) is -1.29. The van der Waals surface area contributed by atoms with E-state index in [0.29, 0.717) is 25.3 Å². The van der Waals surface area contributed by atoms with Crippen LogP contribution < -0.4 is 15.4 Å². The number of aromatic nitrogens is 1. The number of sulfonamides is 1. The van der Waals surface area contributed by atoms with Crippen LogP contribution in [0.3, 0.4) is 0 Å². The molecule has 0 saturated carbocycles. The Morgan fingerprint density at radius 2 is 1.68 bits per heavy atom. The highest BCUT2D eigenvalue weighted by Gasteiger charge is 2.36. The van der Waals surface area contributed by atoms with Crippen LogP contribution in [0, 0.1) is 23.3 Å². The molecule has 200 valence electrons. The normalized spacial score (nSPS) is 18.0. The Bertz CT molecular complexity index is 1350. The smallest absolute Gasteiger partial charge is 0.311 e. The van der Waals surface area contributed by atoms with Crippen LogP contribution in [0.2, 0.25) is 0 Å². The maximum atomic E-state index is 15.1. The summed E-state index contributed by atoms with van der Waals surface area (Å²) in [7, 11) is -3.36. The SMILES string of the molecule is Cn1cc(S(=O)(=O)N[C@@H]2CCN(C(=O)C(=O)NC3COC3)C2)c(F)c1C(=O)Nc1cc(F)c(F)c(F)c1. The zero-order chi connectivity index (χ0) is 27.1. The van der Waals surface area contributed by atoms with E-state index in [4.69, 9.17) is 4.74 Å². The Kier molecular flexibility index (Phi) is 7.25. The maximum absolute atomic E-state index is 15.1. The van der Waals surface area contributed by atoms with Gasteiger partial charge in [0.15, 0.2) is 23.3 Å². The Morgan fingerprint density at radius 3 is 2.27 bits per heavy atom. The van der Waals surface area contributed by atoms with Crippen LogP contribution in [0.25, 0.3) is 0 Å². The lowest BCUT2D eigenvalue weighted by atomic mass is 10.2. The second-order valence-electron chi connectivity index (χ2n) is 8.54. The van der Waals surface area contributed by atoms with Crippen molar-refractivity contribution < 1.29 is 45.1 Å². The van der Waals surface area contributed by atoms with E-state index < -0.39 is 73.3 Å². The van der Waals surface area contributed by atoms with Crippen molar-refractivity contribution in [2.75, 3.05) is 31.6 Å². The summed E-state index contributed by atoms with van der Waals surface area (Å²) in [6.45, 7) is 0.524. The summed E-state index contributed by atoms with van der Waals surface area (Å²) in [4.78, 5) is 37.1. The summed E-state index contributed by atoms with van der Waals surface area (Å²) in [6, 6.07) is -0.147. The van der Waals surface area contributed by atoms with E-state index in [1.54, 1.807) is 0 Å². The first kappa shape index (κ1) is 26.6. The van der Waals surface area contributed by atoms with Gasteiger partial charge < -0.3 is 24.8 Å². The second-order valence-corrected chi connectivity index (χ2v) is 10.2. The molecule has 3 heterocycles. The monoisotopic (exact) mass is 547 g/mol. The van der Waals surface area contributed by atoms with Crippen LogP contribution in [-0.4, -0.2) is 74.0 Å². The number of anilines is 1. The van der Waals surface area contributed by atoms with E-state index in [0.717, 1.165) is 15.7 Å². The molecule has 2 saturated heterocycles. The molecule has 2 aliphatic heterocycles. The van der Waals surface area contributed by atoms with Crippen molar-refractivity contribution in [3.8, 4) is 0 Å². The molecule has 2 fully saturated rings. The van der Waals surface area contributed by atoms with Gasteiger partial charge in [-0.1, -0.05) is 0 Å². The predicted octanol–water partition coefficient (Wildman–Crippen LogP) is 0.228. The minimum Gasteiger partial charge on any atom is -0.377 e. The first-order valence-corrected chi connectivity index (χ1v) is 12.4. The first-order chi connectivity index (χ1) is 17.4. The van der Waals surface area contributed by atoms with Gasteiger partial charge in [-0.15, -0.1) is 0 Å². The number of halogens is 4. The fourth-order valence-corrected chi connectivity index (χ4v) is 5.26. The Hall–Kier alpha value is -3.50. The topological polar surface area (TPSA) is 139 Å². The molecule has 2 aliphatic rings. The minimum atomic E-state index is -4.54. The number of carbonyl (C=O) groups excluding carboxylic acids is 3. The molecular formula is C21H21F4N5O6S. The standard InChI is InChI=1S/C21H21F4N5O6S/c1-29-7-15(17(25)18(29)19(31)26-11-4-13(22)16(24)14(23)5-11)37(34,35)28-10-2-3-30(6-10)21(33)20(32)27-12-8-36-9-12/h4-5,7,10,12,28H,2-3,6,8-9H2,1H3,(H,26,31)(H,27,32)/t10-/m1/s1. The average Bonchev–Trinajstić information content (AvgIpc) is 3.37. The molecule has 0 aliphatic carbocycles. The molecule has 11 nitrogen and oxygen atoms in total. The third-order valence-electron chi connectivity index (χ3n) is 5.80. The average molecular weight is 547 g/mol. The van der Waals surface area contributed by atoms with E-state index in [1.165, 1.54) is 7.05 Å². The first-order valence-electron chi connectivity index (χ1n) is 10.9. The molecule has 2 aromatic rings. The van der Waals surface area contributed by atoms with Gasteiger partial charge in [0.2, 0.25) is 10.0 Å². The summed E-state index contributed by atoms with van der Waals surface area (Å²) in [5, 5.41) is 4.48. The van der Waals surface area contributed by atoms with Crippen molar-refractivity contribution >= 4 is 33.4 Å². The van der Waals surface area contributed by atoms with E-state index >= 15 is 4.39 Å². The van der Waals surface area contributed by atoms with Gasteiger partial charge in [-0.05, 0) is 6.42 Å². The number of hydrogen-bond acceptors (Lipinski definition) is 6. The molecule has 4 rings (SSSR count). The summed E-state index contributed by atoms with van der Waals surface area (Å²) >= 11 is 0. The van der Waals surface area contributed by atoms with Crippen molar-refractivity contribution in [1.82, 2.24) is 19.5 Å². The number of likely N-dealkylation sites (tertiary alicyclic amines) is 1. The quantitative estimate of drug-likeness (QED) is 0.269. The Labute approximate surface area is 207 Å². The number of amides is 3. The Balaban J connectivity index is 1.44. The van der Waals surface area contributed by atoms with Crippen molar-refractivity contribution in [3.63, 3.8) is 0 Å². The molecule has 1 aromatic heterocycles. The van der Waals surface area contributed by atoms with E-state index in [2.05, 4.69) is 10.0 Å². The molecule has 3 amide bonds. The van der Waals surface area contributed by atoms with Crippen LogP contribution in [0.4, 0.5) is 23.2 Å². The predicted molar refractivity (Wildman–Crippen MR) is 118 cm³/mol. The van der Waals surface area contributed by atoms with Gasteiger partial charge in [0.05, 0.1) is 19.3 Å². The van der Waals surface area contributed by atoms with Crippen molar-refractivity contribution in [3.05, 3.63) is 47.3 Å². The lowest BCUT2D eigenvalue weighted by Crippen LogP contribution is -2.53. The van der Waals surface area contributed by atoms with Crippen LogP contribution in [0.5, 0.6) is 0 Å². The lowest BCUT2D eigenvalue weighted by Gasteiger charge is -2.27. The molecule has 16 heteroatoms.